The van der Waals surface area contributed by atoms with Crippen molar-refractivity contribution in [3.05, 3.63) is 46.4 Å². The van der Waals surface area contributed by atoms with Crippen LogP contribution in [0.3, 0.4) is 0 Å². The fraction of sp³-hybridized carbons (Fsp3) is 0.450. The Hall–Kier alpha value is -2.45. The van der Waals surface area contributed by atoms with Gasteiger partial charge in [-0.15, -0.1) is 0 Å². The van der Waals surface area contributed by atoms with Crippen molar-refractivity contribution < 1.29 is 14.0 Å². The minimum atomic E-state index is -0.602. The zero-order valence-electron chi connectivity index (χ0n) is 16.8. The van der Waals surface area contributed by atoms with Crippen LogP contribution in [0.2, 0.25) is 5.02 Å². The van der Waals surface area contributed by atoms with Crippen LogP contribution in [-0.4, -0.2) is 27.6 Å². The van der Waals surface area contributed by atoms with Crippen LogP contribution in [0.4, 0.5) is 10.2 Å². The molecule has 2 atom stereocenters. The fourth-order valence-corrected chi connectivity index (χ4v) is 3.32. The molecule has 1 aliphatic rings. The predicted octanol–water partition coefficient (Wildman–Crippen LogP) is 3.11. The van der Waals surface area contributed by atoms with Gasteiger partial charge >= 0.3 is 0 Å². The third-order valence-electron chi connectivity index (χ3n) is 4.65. The van der Waals surface area contributed by atoms with E-state index >= 15 is 0 Å². The van der Waals surface area contributed by atoms with E-state index in [0.717, 1.165) is 5.69 Å². The average molecular weight is 422 g/mol. The van der Waals surface area contributed by atoms with Crippen molar-refractivity contribution in [2.75, 3.05) is 5.32 Å². The van der Waals surface area contributed by atoms with Crippen LogP contribution in [0.1, 0.15) is 51.7 Å². The number of carbonyl (C=O) groups is 2. The monoisotopic (exact) mass is 421 g/mol. The molecule has 2 aromatic rings. The summed E-state index contributed by atoms with van der Waals surface area (Å²) in [4.78, 5) is 24.6. The number of nitrogens with zero attached hydrogens (tertiary/aromatic N) is 2. The van der Waals surface area contributed by atoms with E-state index in [4.69, 9.17) is 11.6 Å². The molecule has 156 valence electrons. The molecule has 1 aliphatic heterocycles. The van der Waals surface area contributed by atoms with Gasteiger partial charge in [-0.05, 0) is 19.1 Å². The lowest BCUT2D eigenvalue weighted by Gasteiger charge is -2.30. The zero-order valence-corrected chi connectivity index (χ0v) is 17.6. The molecular formula is C20H25ClFN5O2. The molecule has 7 nitrogen and oxygen atoms in total. The predicted molar refractivity (Wildman–Crippen MR) is 109 cm³/mol. The highest BCUT2D eigenvalue weighted by atomic mass is 35.5. The first-order valence-corrected chi connectivity index (χ1v) is 9.80. The van der Waals surface area contributed by atoms with Gasteiger partial charge in [-0.3, -0.25) is 14.9 Å². The maximum absolute atomic E-state index is 14.0. The summed E-state index contributed by atoms with van der Waals surface area (Å²) < 4.78 is 15.6. The summed E-state index contributed by atoms with van der Waals surface area (Å²) in [5, 5.41) is 13.6. The van der Waals surface area contributed by atoms with E-state index in [9.17, 15) is 14.0 Å². The van der Waals surface area contributed by atoms with Gasteiger partial charge in [0.05, 0.1) is 12.1 Å². The molecule has 1 saturated heterocycles. The van der Waals surface area contributed by atoms with E-state index in [1.807, 2.05) is 27.7 Å². The van der Waals surface area contributed by atoms with Gasteiger partial charge in [0.15, 0.2) is 6.29 Å². The van der Waals surface area contributed by atoms with Crippen molar-refractivity contribution in [2.24, 2.45) is 0 Å². The number of hydrogen-bond donors (Lipinski definition) is 3. The van der Waals surface area contributed by atoms with E-state index in [2.05, 4.69) is 21.0 Å². The van der Waals surface area contributed by atoms with Crippen molar-refractivity contribution in [2.45, 2.75) is 58.3 Å². The topological polar surface area (TPSA) is 88.1 Å². The number of rotatable bonds is 4. The Morgan fingerprint density at radius 3 is 2.76 bits per heavy atom. The maximum Gasteiger partial charge on any atom is 0.230 e. The minimum absolute atomic E-state index is 0.0446. The summed E-state index contributed by atoms with van der Waals surface area (Å²) >= 11 is 6.03. The van der Waals surface area contributed by atoms with Crippen LogP contribution >= 0.6 is 11.6 Å². The standard InChI is InChI=1S/C20H25ClFN5O2/c1-11-8-17(28)25-19(23-11)27-16(10-15(26-27)20(2,3)4)24-18(29)9-12-13(21)6-5-7-14(12)22/h5-7,10-11,19,23H,8-9H2,1-4H3,(H,24,29)(H,25,28). The van der Waals surface area contributed by atoms with Crippen LogP contribution in [0, 0.1) is 5.82 Å². The highest BCUT2D eigenvalue weighted by Gasteiger charge is 2.29. The van der Waals surface area contributed by atoms with Crippen molar-refractivity contribution >= 4 is 29.2 Å². The van der Waals surface area contributed by atoms with Gasteiger partial charge in [0.2, 0.25) is 11.8 Å². The molecule has 0 radical (unpaired) electrons. The molecule has 0 saturated carbocycles. The summed E-state index contributed by atoms with van der Waals surface area (Å²) in [5.74, 6) is -0.677. The Morgan fingerprint density at radius 2 is 2.14 bits per heavy atom. The number of aromatic nitrogens is 2. The van der Waals surface area contributed by atoms with Crippen LogP contribution in [0.5, 0.6) is 0 Å². The fourth-order valence-electron chi connectivity index (χ4n) is 3.09. The first-order chi connectivity index (χ1) is 13.5. The molecule has 29 heavy (non-hydrogen) atoms. The lowest BCUT2D eigenvalue weighted by atomic mass is 9.92. The first kappa shape index (κ1) is 21.3. The molecule has 2 amide bonds. The normalized spacial score (nSPS) is 19.7. The van der Waals surface area contributed by atoms with Gasteiger partial charge in [-0.25, -0.2) is 9.07 Å². The molecule has 0 aliphatic carbocycles. The third kappa shape index (κ3) is 4.94. The molecule has 0 spiro atoms. The van der Waals surface area contributed by atoms with Crippen molar-refractivity contribution in [3.63, 3.8) is 0 Å². The highest BCUT2D eigenvalue weighted by molar-refractivity contribution is 6.31. The van der Waals surface area contributed by atoms with Crippen LogP contribution in [0.15, 0.2) is 24.3 Å². The number of anilines is 1. The Morgan fingerprint density at radius 1 is 1.41 bits per heavy atom. The van der Waals surface area contributed by atoms with Crippen LogP contribution in [-0.2, 0) is 21.4 Å². The summed E-state index contributed by atoms with van der Waals surface area (Å²) in [6, 6.07) is 6.00. The van der Waals surface area contributed by atoms with Gasteiger partial charge in [0.1, 0.15) is 11.6 Å². The number of benzene rings is 1. The number of carbonyl (C=O) groups excluding carboxylic acids is 2. The molecule has 2 heterocycles. The summed E-state index contributed by atoms with van der Waals surface area (Å²) in [6.07, 6.45) is -0.463. The molecule has 3 rings (SSSR count). The van der Waals surface area contributed by atoms with Crippen molar-refractivity contribution in [3.8, 4) is 0 Å². The second-order valence-corrected chi connectivity index (χ2v) is 8.68. The van der Waals surface area contributed by atoms with Gasteiger partial charge in [-0.2, -0.15) is 5.10 Å². The quantitative estimate of drug-likeness (QED) is 0.707. The van der Waals surface area contributed by atoms with Gasteiger partial charge in [0, 0.05) is 34.5 Å². The molecule has 9 heteroatoms. The Bertz CT molecular complexity index is 917. The van der Waals surface area contributed by atoms with E-state index in [-0.39, 0.29) is 34.4 Å². The molecular weight excluding hydrogens is 397 g/mol. The molecule has 2 unspecified atom stereocenters. The minimum Gasteiger partial charge on any atom is -0.322 e. The number of hydrogen-bond acceptors (Lipinski definition) is 4. The van der Waals surface area contributed by atoms with E-state index in [1.165, 1.54) is 22.9 Å². The zero-order chi connectivity index (χ0) is 21.3. The van der Waals surface area contributed by atoms with E-state index in [0.29, 0.717) is 12.2 Å². The average Bonchev–Trinajstić information content (AvgIpc) is 3.01. The lowest BCUT2D eigenvalue weighted by Crippen LogP contribution is -2.52. The summed E-state index contributed by atoms with van der Waals surface area (Å²) in [7, 11) is 0. The Balaban J connectivity index is 1.88. The van der Waals surface area contributed by atoms with E-state index in [1.54, 1.807) is 6.07 Å². The van der Waals surface area contributed by atoms with Crippen molar-refractivity contribution in [1.82, 2.24) is 20.4 Å². The smallest absolute Gasteiger partial charge is 0.230 e. The van der Waals surface area contributed by atoms with Crippen LogP contribution < -0.4 is 16.0 Å². The molecule has 1 fully saturated rings. The highest BCUT2D eigenvalue weighted by Crippen LogP contribution is 2.27. The molecule has 3 N–H and O–H groups in total. The number of nitrogens with one attached hydrogen (secondary N) is 3. The van der Waals surface area contributed by atoms with Crippen molar-refractivity contribution in [1.29, 1.82) is 0 Å². The van der Waals surface area contributed by atoms with Gasteiger partial charge < -0.3 is 10.6 Å². The van der Waals surface area contributed by atoms with Gasteiger partial charge in [-0.1, -0.05) is 38.4 Å². The third-order valence-corrected chi connectivity index (χ3v) is 5.00. The molecule has 1 aromatic heterocycles. The number of halogens is 2. The Labute approximate surface area is 174 Å². The van der Waals surface area contributed by atoms with Gasteiger partial charge in [0.25, 0.3) is 0 Å². The van der Waals surface area contributed by atoms with Crippen LogP contribution in [0.25, 0.3) is 0 Å². The lowest BCUT2D eigenvalue weighted by molar-refractivity contribution is -0.125. The first-order valence-electron chi connectivity index (χ1n) is 9.43. The SMILES string of the molecule is CC1CC(=O)NC(n2nc(C(C)(C)C)cc2NC(=O)Cc2c(F)cccc2Cl)N1. The maximum atomic E-state index is 14.0. The largest absolute Gasteiger partial charge is 0.322 e. The van der Waals surface area contributed by atoms with E-state index < -0.39 is 18.0 Å². The molecule has 1 aromatic carbocycles. The molecule has 0 bridgehead atoms. The Kier molecular flexibility index (Phi) is 5.95. The summed E-state index contributed by atoms with van der Waals surface area (Å²) in [6.45, 7) is 7.90. The second kappa shape index (κ2) is 8.12. The summed E-state index contributed by atoms with van der Waals surface area (Å²) in [5.41, 5.74) is 0.599. The number of amides is 2. The second-order valence-electron chi connectivity index (χ2n) is 8.28.